The first-order chi connectivity index (χ1) is 15.0. The van der Waals surface area contributed by atoms with Crippen LogP contribution in [0.3, 0.4) is 0 Å². The Hall–Kier alpha value is -2.97. The second-order valence-electron chi connectivity index (χ2n) is 8.01. The van der Waals surface area contributed by atoms with Crippen LogP contribution in [0.1, 0.15) is 29.8 Å². The highest BCUT2D eigenvalue weighted by Gasteiger charge is 2.15. The summed E-state index contributed by atoms with van der Waals surface area (Å²) in [6.45, 7) is 2.43. The van der Waals surface area contributed by atoms with Crippen LogP contribution in [0, 0.1) is 0 Å². The van der Waals surface area contributed by atoms with E-state index < -0.39 is 0 Å². The fraction of sp³-hybridized carbons (Fsp3) is 0.348. The Morgan fingerprint density at radius 2 is 1.97 bits per heavy atom. The van der Waals surface area contributed by atoms with Gasteiger partial charge in [-0.15, -0.1) is 11.3 Å². The van der Waals surface area contributed by atoms with E-state index in [0.29, 0.717) is 12.2 Å². The molecule has 162 valence electrons. The minimum atomic E-state index is -0.0744. The third-order valence-corrected chi connectivity index (χ3v) is 6.22. The summed E-state index contributed by atoms with van der Waals surface area (Å²) >= 11 is 1.54. The van der Waals surface area contributed by atoms with Gasteiger partial charge in [-0.2, -0.15) is 0 Å². The van der Waals surface area contributed by atoms with Gasteiger partial charge >= 0.3 is 0 Å². The van der Waals surface area contributed by atoms with Crippen molar-refractivity contribution in [2.75, 3.05) is 39.0 Å². The largest absolute Gasteiger partial charge is 0.357 e. The first-order valence-electron chi connectivity index (χ1n) is 10.5. The number of carbonyl (C=O) groups excluding carboxylic acids is 2. The van der Waals surface area contributed by atoms with Crippen LogP contribution in [-0.2, 0) is 4.79 Å². The van der Waals surface area contributed by atoms with E-state index >= 15 is 0 Å². The van der Waals surface area contributed by atoms with Crippen LogP contribution < -0.4 is 5.32 Å². The molecule has 1 fully saturated rings. The van der Waals surface area contributed by atoms with E-state index in [4.69, 9.17) is 4.98 Å². The van der Waals surface area contributed by atoms with Gasteiger partial charge in [0, 0.05) is 42.5 Å². The minimum absolute atomic E-state index is 0.0179. The van der Waals surface area contributed by atoms with E-state index in [0.717, 1.165) is 40.6 Å². The van der Waals surface area contributed by atoms with Crippen LogP contribution in [0.25, 0.3) is 21.8 Å². The zero-order chi connectivity index (χ0) is 21.8. The number of amides is 2. The number of piperidine rings is 1. The zero-order valence-corrected chi connectivity index (χ0v) is 18.7. The van der Waals surface area contributed by atoms with Crippen molar-refractivity contribution in [3.8, 4) is 21.8 Å². The number of anilines is 1. The quantitative estimate of drug-likeness (QED) is 0.612. The lowest BCUT2D eigenvalue weighted by Gasteiger charge is -2.25. The number of hydrogen-bond acceptors (Lipinski definition) is 5. The monoisotopic (exact) mass is 437 g/mol. The molecule has 0 atom stereocenters. The van der Waals surface area contributed by atoms with Gasteiger partial charge in [0.15, 0.2) is 0 Å². The lowest BCUT2D eigenvalue weighted by molar-refractivity contribution is -0.117. The van der Waals surface area contributed by atoms with E-state index in [-0.39, 0.29) is 11.8 Å². The number of aromatic nitrogens is 2. The Labute approximate surface area is 186 Å². The van der Waals surface area contributed by atoms with E-state index in [1.807, 2.05) is 35.7 Å². The van der Waals surface area contributed by atoms with Crippen molar-refractivity contribution < 1.29 is 9.59 Å². The normalized spacial score (nSPS) is 14.4. The van der Waals surface area contributed by atoms with Crippen molar-refractivity contribution in [1.82, 2.24) is 19.8 Å². The molecule has 2 amide bonds. The fourth-order valence-electron chi connectivity index (χ4n) is 3.70. The number of thiazole rings is 1. The van der Waals surface area contributed by atoms with Gasteiger partial charge < -0.3 is 15.2 Å². The first-order valence-corrected chi connectivity index (χ1v) is 11.4. The van der Waals surface area contributed by atoms with Gasteiger partial charge in [-0.25, -0.2) is 4.98 Å². The molecular weight excluding hydrogens is 410 g/mol. The standard InChI is InChI=1S/C23H27N5O2S/c1-27(2)23(30)19-12-17(13-24-19)20-15-31-22(26-20)16-7-6-8-18(11-16)25-21(29)14-28-9-4-3-5-10-28/h6-8,11-13,15,24H,3-5,9-10,14H2,1-2H3,(H,25,29). The number of nitrogens with one attached hydrogen (secondary N) is 2. The molecule has 0 saturated carbocycles. The van der Waals surface area contributed by atoms with E-state index in [1.165, 1.54) is 35.5 Å². The number of hydrogen-bond donors (Lipinski definition) is 2. The molecule has 1 aliphatic rings. The van der Waals surface area contributed by atoms with Crippen molar-refractivity contribution in [2.45, 2.75) is 19.3 Å². The maximum absolute atomic E-state index is 12.4. The van der Waals surface area contributed by atoms with Gasteiger partial charge in [-0.05, 0) is 44.1 Å². The molecule has 8 heteroatoms. The smallest absolute Gasteiger partial charge is 0.269 e. The molecule has 2 aromatic heterocycles. The Morgan fingerprint density at radius 3 is 2.74 bits per heavy atom. The maximum atomic E-state index is 12.4. The van der Waals surface area contributed by atoms with Crippen LogP contribution in [-0.4, -0.2) is 65.3 Å². The van der Waals surface area contributed by atoms with Gasteiger partial charge in [0.05, 0.1) is 12.2 Å². The average Bonchev–Trinajstić information content (AvgIpc) is 3.44. The highest BCUT2D eigenvalue weighted by atomic mass is 32.1. The first kappa shape index (κ1) is 21.3. The molecule has 4 rings (SSSR count). The summed E-state index contributed by atoms with van der Waals surface area (Å²) < 4.78 is 0. The molecule has 0 aliphatic carbocycles. The van der Waals surface area contributed by atoms with E-state index in [2.05, 4.69) is 15.2 Å². The minimum Gasteiger partial charge on any atom is -0.357 e. The zero-order valence-electron chi connectivity index (χ0n) is 17.9. The summed E-state index contributed by atoms with van der Waals surface area (Å²) in [5, 5.41) is 5.85. The third-order valence-electron chi connectivity index (χ3n) is 5.33. The lowest BCUT2D eigenvalue weighted by atomic mass is 10.1. The van der Waals surface area contributed by atoms with Crippen LogP contribution in [0.5, 0.6) is 0 Å². The second-order valence-corrected chi connectivity index (χ2v) is 8.86. The number of aromatic amines is 1. The topological polar surface area (TPSA) is 81.3 Å². The molecule has 2 N–H and O–H groups in total. The van der Waals surface area contributed by atoms with Crippen LogP contribution in [0.4, 0.5) is 5.69 Å². The van der Waals surface area contributed by atoms with E-state index in [1.54, 1.807) is 20.3 Å². The molecule has 0 spiro atoms. The molecule has 0 bridgehead atoms. The highest BCUT2D eigenvalue weighted by Crippen LogP contribution is 2.30. The van der Waals surface area contributed by atoms with Crippen LogP contribution >= 0.6 is 11.3 Å². The number of nitrogens with zero attached hydrogens (tertiary/aromatic N) is 3. The molecule has 1 saturated heterocycles. The van der Waals surface area contributed by atoms with Gasteiger partial charge in [-0.3, -0.25) is 14.5 Å². The average molecular weight is 438 g/mol. The summed E-state index contributed by atoms with van der Waals surface area (Å²) in [5.74, 6) is -0.0565. The molecule has 0 unspecified atom stereocenters. The van der Waals surface area contributed by atoms with Crippen molar-refractivity contribution in [3.05, 3.63) is 47.6 Å². The number of likely N-dealkylation sites (tertiary alicyclic amines) is 1. The summed E-state index contributed by atoms with van der Waals surface area (Å²) in [5.41, 5.74) is 3.95. The van der Waals surface area contributed by atoms with Gasteiger partial charge in [-0.1, -0.05) is 18.6 Å². The van der Waals surface area contributed by atoms with Crippen molar-refractivity contribution in [2.24, 2.45) is 0 Å². The van der Waals surface area contributed by atoms with Gasteiger partial charge in [0.1, 0.15) is 10.7 Å². The van der Waals surface area contributed by atoms with Gasteiger partial charge in [0.2, 0.25) is 5.91 Å². The molecule has 31 heavy (non-hydrogen) atoms. The molecule has 0 radical (unpaired) electrons. The molecular formula is C23H27N5O2S. The van der Waals surface area contributed by atoms with Gasteiger partial charge in [0.25, 0.3) is 5.91 Å². The molecule has 3 heterocycles. The summed E-state index contributed by atoms with van der Waals surface area (Å²) in [6.07, 6.45) is 5.39. The van der Waals surface area contributed by atoms with Crippen molar-refractivity contribution in [1.29, 1.82) is 0 Å². The van der Waals surface area contributed by atoms with Crippen molar-refractivity contribution in [3.63, 3.8) is 0 Å². The molecule has 1 aliphatic heterocycles. The summed E-state index contributed by atoms with van der Waals surface area (Å²) in [4.78, 5) is 36.0. The summed E-state index contributed by atoms with van der Waals surface area (Å²) in [6, 6.07) is 9.59. The Balaban J connectivity index is 1.44. The molecule has 1 aromatic carbocycles. The molecule has 3 aromatic rings. The number of rotatable bonds is 6. The number of H-pyrrole nitrogens is 1. The highest BCUT2D eigenvalue weighted by molar-refractivity contribution is 7.13. The second kappa shape index (κ2) is 9.45. The number of carbonyl (C=O) groups is 2. The Morgan fingerprint density at radius 1 is 1.16 bits per heavy atom. The van der Waals surface area contributed by atoms with Crippen LogP contribution in [0.15, 0.2) is 41.9 Å². The lowest BCUT2D eigenvalue weighted by Crippen LogP contribution is -2.36. The summed E-state index contributed by atoms with van der Waals surface area (Å²) in [7, 11) is 3.45. The SMILES string of the molecule is CN(C)C(=O)c1cc(-c2csc(-c3cccc(NC(=O)CN4CCCCC4)c3)n2)c[nH]1. The van der Waals surface area contributed by atoms with Crippen LogP contribution in [0.2, 0.25) is 0 Å². The third kappa shape index (κ3) is 5.21. The Kier molecular flexibility index (Phi) is 6.48. The predicted molar refractivity (Wildman–Crippen MR) is 124 cm³/mol. The predicted octanol–water partition coefficient (Wildman–Crippen LogP) is 3.93. The number of benzene rings is 1. The Bertz CT molecular complexity index is 1070. The van der Waals surface area contributed by atoms with Crippen molar-refractivity contribution >= 4 is 28.8 Å². The molecule has 7 nitrogen and oxygen atoms in total. The van der Waals surface area contributed by atoms with E-state index in [9.17, 15) is 9.59 Å². The maximum Gasteiger partial charge on any atom is 0.269 e. The fourth-order valence-corrected chi connectivity index (χ4v) is 4.52.